The van der Waals surface area contributed by atoms with Gasteiger partial charge in [-0.2, -0.15) is 0 Å². The van der Waals surface area contributed by atoms with Gasteiger partial charge < -0.3 is 97.8 Å². The van der Waals surface area contributed by atoms with Gasteiger partial charge in [0.15, 0.2) is 12.6 Å². The van der Waals surface area contributed by atoms with Crippen LogP contribution >= 0.6 is 0 Å². The Morgan fingerprint density at radius 3 is 2.09 bits per heavy atom. The van der Waals surface area contributed by atoms with Crippen molar-refractivity contribution >= 4 is 5.91 Å². The van der Waals surface area contributed by atoms with Crippen molar-refractivity contribution in [2.45, 2.75) is 117 Å². The Balaban J connectivity index is 1.82. The average molecular weight is 660 g/mol. The van der Waals surface area contributed by atoms with E-state index in [0.717, 1.165) is 0 Å². The summed E-state index contributed by atoms with van der Waals surface area (Å²) in [7, 11) is 0. The number of nitrogens with two attached hydrogens (primary N) is 3. The lowest BCUT2D eigenvalue weighted by Gasteiger charge is -2.49. The third kappa shape index (κ3) is 9.22. The summed E-state index contributed by atoms with van der Waals surface area (Å²) in [6.45, 7) is -1.47. The normalized spacial score (nSPS) is 43.9. The number of rotatable bonds is 14. The number of carbonyl (C=O) groups is 1. The van der Waals surface area contributed by atoms with E-state index in [9.17, 15) is 50.8 Å². The smallest absolute Gasteiger partial charge is 0.249 e. The van der Waals surface area contributed by atoms with Gasteiger partial charge in [-0.15, -0.1) is 0 Å². The van der Waals surface area contributed by atoms with Gasteiger partial charge in [-0.1, -0.05) is 0 Å². The zero-order valence-electron chi connectivity index (χ0n) is 24.5. The third-order valence-corrected chi connectivity index (χ3v) is 8.21. The number of ether oxygens (including phenoxy) is 4. The zero-order valence-corrected chi connectivity index (χ0v) is 24.5. The van der Waals surface area contributed by atoms with Crippen LogP contribution in [0.25, 0.3) is 0 Å². The molecule has 1 aliphatic carbocycles. The van der Waals surface area contributed by atoms with E-state index < -0.39 is 123 Å². The summed E-state index contributed by atoms with van der Waals surface area (Å²) in [6, 6.07) is -3.57. The second kappa shape index (κ2) is 17.2. The van der Waals surface area contributed by atoms with Crippen LogP contribution in [0.5, 0.6) is 0 Å². The standard InChI is InChI=1S/C25H49N5O15/c26-2-1-11(34)23(41)30-10-3-9(27)21(20(40)22(10)45-24-17(37)14(28)15(35)13(7-32)43-24)44-25-19(39)18(38)16(36)12(42-25)5-29-4-8(33)6-31/h8-22,24-25,29,31-40H,1-7,26-28H2,(H,30,41)/t8?,9-,10+,11-,12+,13+,14-,15+,16+,17+,18-,19+,20-,21?,22-,24+,25+/m0/s1. The van der Waals surface area contributed by atoms with Gasteiger partial charge in [-0.3, -0.25) is 4.79 Å². The summed E-state index contributed by atoms with van der Waals surface area (Å²) >= 11 is 0. The Kier molecular flexibility index (Phi) is 14.6. The summed E-state index contributed by atoms with van der Waals surface area (Å²) < 4.78 is 22.8. The van der Waals surface area contributed by atoms with Crippen molar-refractivity contribution in [3.05, 3.63) is 0 Å². The number of hydrogen-bond donors (Lipinski definition) is 15. The van der Waals surface area contributed by atoms with Crippen molar-refractivity contribution in [1.82, 2.24) is 10.6 Å². The van der Waals surface area contributed by atoms with Gasteiger partial charge in [0.2, 0.25) is 5.91 Å². The van der Waals surface area contributed by atoms with Crippen LogP contribution in [0.15, 0.2) is 0 Å². The Bertz CT molecular complexity index is 913. The zero-order chi connectivity index (χ0) is 33.6. The first-order chi connectivity index (χ1) is 21.2. The lowest BCUT2D eigenvalue weighted by atomic mass is 9.83. The van der Waals surface area contributed by atoms with Crippen LogP contribution in [-0.4, -0.2) is 194 Å². The number of aliphatic hydroxyl groups is 10. The Morgan fingerprint density at radius 1 is 0.844 bits per heavy atom. The monoisotopic (exact) mass is 659 g/mol. The topological polar surface area (TPSA) is 358 Å². The van der Waals surface area contributed by atoms with Crippen molar-refractivity contribution in [2.24, 2.45) is 17.2 Å². The first-order valence-corrected chi connectivity index (χ1v) is 14.8. The van der Waals surface area contributed by atoms with Crippen LogP contribution in [-0.2, 0) is 23.7 Å². The molecule has 3 aliphatic rings. The molecular weight excluding hydrogens is 610 g/mol. The fraction of sp³-hybridized carbons (Fsp3) is 0.960. The Hall–Kier alpha value is -1.25. The van der Waals surface area contributed by atoms with E-state index in [4.69, 9.17) is 41.3 Å². The van der Waals surface area contributed by atoms with E-state index in [-0.39, 0.29) is 32.5 Å². The summed E-state index contributed by atoms with van der Waals surface area (Å²) in [5.74, 6) is -0.868. The quantitative estimate of drug-likeness (QED) is 0.0822. The molecule has 20 nitrogen and oxygen atoms in total. The molecule has 2 saturated heterocycles. The highest BCUT2D eigenvalue weighted by Crippen LogP contribution is 2.32. The van der Waals surface area contributed by atoms with Gasteiger partial charge in [0.1, 0.15) is 67.1 Å². The molecule has 0 aromatic carbocycles. The molecule has 45 heavy (non-hydrogen) atoms. The molecule has 17 atom stereocenters. The fourth-order valence-corrected chi connectivity index (χ4v) is 5.50. The first-order valence-electron chi connectivity index (χ1n) is 14.8. The molecule has 20 heteroatoms. The van der Waals surface area contributed by atoms with Gasteiger partial charge in [0.05, 0.1) is 31.4 Å². The maximum Gasteiger partial charge on any atom is 0.249 e. The van der Waals surface area contributed by atoms with E-state index in [0.29, 0.717) is 0 Å². The molecule has 0 aromatic rings. The molecule has 0 radical (unpaired) electrons. The molecule has 3 rings (SSSR count). The molecule has 0 aromatic heterocycles. The highest BCUT2D eigenvalue weighted by molar-refractivity contribution is 5.80. The lowest BCUT2D eigenvalue weighted by molar-refractivity contribution is -0.333. The molecule has 2 unspecified atom stereocenters. The van der Waals surface area contributed by atoms with E-state index in [1.807, 2.05) is 0 Å². The minimum absolute atomic E-state index is 0.00903. The van der Waals surface area contributed by atoms with Crippen molar-refractivity contribution in [1.29, 1.82) is 0 Å². The van der Waals surface area contributed by atoms with E-state index in [1.54, 1.807) is 0 Å². The number of nitrogens with one attached hydrogen (secondary N) is 2. The van der Waals surface area contributed by atoms with Crippen LogP contribution in [0.1, 0.15) is 12.8 Å². The second-order valence-electron chi connectivity index (χ2n) is 11.6. The molecule has 0 bridgehead atoms. The molecule has 2 heterocycles. The molecule has 2 aliphatic heterocycles. The Labute approximate surface area is 258 Å². The van der Waals surface area contributed by atoms with Gasteiger partial charge in [0, 0.05) is 19.1 Å². The van der Waals surface area contributed by atoms with Crippen LogP contribution in [0, 0.1) is 0 Å². The third-order valence-electron chi connectivity index (χ3n) is 8.21. The van der Waals surface area contributed by atoms with Crippen LogP contribution in [0.3, 0.4) is 0 Å². The van der Waals surface area contributed by atoms with E-state index >= 15 is 0 Å². The molecule has 1 amide bonds. The number of aliphatic hydroxyl groups excluding tert-OH is 10. The van der Waals surface area contributed by atoms with E-state index in [2.05, 4.69) is 10.6 Å². The van der Waals surface area contributed by atoms with Crippen molar-refractivity contribution in [3.63, 3.8) is 0 Å². The molecule has 1 saturated carbocycles. The van der Waals surface area contributed by atoms with Gasteiger partial charge in [-0.05, 0) is 19.4 Å². The fourth-order valence-electron chi connectivity index (χ4n) is 5.50. The van der Waals surface area contributed by atoms with Crippen LogP contribution in [0.2, 0.25) is 0 Å². The molecule has 18 N–H and O–H groups in total. The maximum atomic E-state index is 12.7. The Morgan fingerprint density at radius 2 is 1.47 bits per heavy atom. The molecule has 0 spiro atoms. The van der Waals surface area contributed by atoms with Crippen LogP contribution < -0.4 is 27.8 Å². The van der Waals surface area contributed by atoms with Gasteiger partial charge >= 0.3 is 0 Å². The number of carbonyl (C=O) groups excluding carboxylic acids is 1. The SMILES string of the molecule is NCC[C@H](O)C(=O)N[C@@H]1C[C@H](N)C(O[C@H]2O[C@H](CNCC(O)CO)[C@@H](O)[C@H](O)[C@H]2O)[C@H](O)[C@H]1O[C@H]1O[C@H](CO)[C@@H](O)[C@H](N)[C@H]1O. The maximum absolute atomic E-state index is 12.7. The predicted molar refractivity (Wildman–Crippen MR) is 148 cm³/mol. The van der Waals surface area contributed by atoms with Crippen molar-refractivity contribution in [2.75, 3.05) is 32.8 Å². The minimum atomic E-state index is -1.82. The van der Waals surface area contributed by atoms with Gasteiger partial charge in [-0.25, -0.2) is 0 Å². The van der Waals surface area contributed by atoms with E-state index in [1.165, 1.54) is 0 Å². The van der Waals surface area contributed by atoms with Crippen molar-refractivity contribution in [3.8, 4) is 0 Å². The van der Waals surface area contributed by atoms with Gasteiger partial charge in [0.25, 0.3) is 0 Å². The average Bonchev–Trinajstić information content (AvgIpc) is 3.01. The number of hydrogen-bond acceptors (Lipinski definition) is 19. The van der Waals surface area contributed by atoms with Crippen LogP contribution in [0.4, 0.5) is 0 Å². The first kappa shape index (κ1) is 38.2. The summed E-state index contributed by atoms with van der Waals surface area (Å²) in [5, 5.41) is 107. The summed E-state index contributed by atoms with van der Waals surface area (Å²) in [5.41, 5.74) is 17.6. The largest absolute Gasteiger partial charge is 0.394 e. The second-order valence-corrected chi connectivity index (χ2v) is 11.6. The number of amides is 1. The summed E-state index contributed by atoms with van der Waals surface area (Å²) in [6.07, 6.45) is -21.7. The highest BCUT2D eigenvalue weighted by atomic mass is 16.7. The molecule has 264 valence electrons. The summed E-state index contributed by atoms with van der Waals surface area (Å²) in [4.78, 5) is 12.7. The highest BCUT2D eigenvalue weighted by Gasteiger charge is 2.52. The predicted octanol–water partition coefficient (Wildman–Crippen LogP) is -9.44. The molecule has 3 fully saturated rings. The van der Waals surface area contributed by atoms with Crippen molar-refractivity contribution < 1.29 is 74.8 Å². The molecular formula is C25H49N5O15. The minimum Gasteiger partial charge on any atom is -0.394 e. The lowest BCUT2D eigenvalue weighted by Crippen LogP contribution is -2.69.